The fraction of sp³-hybridized carbons (Fsp3) is 0.462. The van der Waals surface area contributed by atoms with Crippen LogP contribution in [0.15, 0.2) is 12.1 Å². The second-order valence-corrected chi connectivity index (χ2v) is 4.24. The fourth-order valence-corrected chi connectivity index (χ4v) is 1.99. The molecule has 0 spiro atoms. The summed E-state index contributed by atoms with van der Waals surface area (Å²) in [4.78, 5) is 7.91. The van der Waals surface area contributed by atoms with E-state index in [4.69, 9.17) is 0 Å². The molecule has 0 amide bonds. The van der Waals surface area contributed by atoms with Gasteiger partial charge in [0.15, 0.2) is 0 Å². The Morgan fingerprint density at radius 3 is 2.80 bits per heavy atom. The van der Waals surface area contributed by atoms with Gasteiger partial charge < -0.3 is 4.98 Å². The topological polar surface area (TPSA) is 28.7 Å². The van der Waals surface area contributed by atoms with Gasteiger partial charge in [0.2, 0.25) is 0 Å². The zero-order chi connectivity index (χ0) is 10.8. The van der Waals surface area contributed by atoms with E-state index in [0.717, 1.165) is 17.8 Å². The SMILES string of the molecule is CCCCc1cc2c(C)cc(C)nc2[nH]1. The van der Waals surface area contributed by atoms with Gasteiger partial charge in [-0.1, -0.05) is 13.3 Å². The van der Waals surface area contributed by atoms with Crippen molar-refractivity contribution in [3.8, 4) is 0 Å². The molecule has 1 N–H and O–H groups in total. The molecule has 2 nitrogen and oxygen atoms in total. The van der Waals surface area contributed by atoms with Gasteiger partial charge in [-0.05, 0) is 44.4 Å². The maximum Gasteiger partial charge on any atom is 0.138 e. The molecule has 0 aromatic carbocycles. The highest BCUT2D eigenvalue weighted by Gasteiger charge is 2.04. The predicted octanol–water partition coefficient (Wildman–Crippen LogP) is 3.52. The number of nitrogens with zero attached hydrogens (tertiary/aromatic N) is 1. The third kappa shape index (κ3) is 2.04. The van der Waals surface area contributed by atoms with Crippen molar-refractivity contribution in [2.24, 2.45) is 0 Å². The monoisotopic (exact) mass is 202 g/mol. The number of aromatic amines is 1. The van der Waals surface area contributed by atoms with Crippen LogP contribution in [0.3, 0.4) is 0 Å². The second kappa shape index (κ2) is 4.05. The lowest BCUT2D eigenvalue weighted by Gasteiger charge is -1.96. The number of rotatable bonds is 3. The van der Waals surface area contributed by atoms with Crippen LogP contribution in [0.5, 0.6) is 0 Å². The van der Waals surface area contributed by atoms with Crippen molar-refractivity contribution in [3.63, 3.8) is 0 Å². The Hall–Kier alpha value is -1.31. The van der Waals surface area contributed by atoms with Crippen LogP contribution < -0.4 is 0 Å². The van der Waals surface area contributed by atoms with E-state index in [1.165, 1.54) is 29.5 Å². The number of fused-ring (bicyclic) bond motifs is 1. The van der Waals surface area contributed by atoms with E-state index in [1.807, 2.05) is 6.92 Å². The molecule has 0 radical (unpaired) electrons. The Morgan fingerprint density at radius 1 is 1.27 bits per heavy atom. The maximum atomic E-state index is 4.51. The number of pyridine rings is 1. The molecular weight excluding hydrogens is 184 g/mol. The minimum Gasteiger partial charge on any atom is -0.343 e. The number of unbranched alkanes of at least 4 members (excludes halogenated alkanes) is 1. The lowest BCUT2D eigenvalue weighted by Crippen LogP contribution is -1.85. The van der Waals surface area contributed by atoms with E-state index in [0.29, 0.717) is 0 Å². The average molecular weight is 202 g/mol. The van der Waals surface area contributed by atoms with E-state index in [1.54, 1.807) is 0 Å². The molecule has 0 bridgehead atoms. The van der Waals surface area contributed by atoms with Crippen LogP contribution in [0.2, 0.25) is 0 Å². The van der Waals surface area contributed by atoms with Crippen molar-refractivity contribution in [2.45, 2.75) is 40.0 Å². The summed E-state index contributed by atoms with van der Waals surface area (Å²) in [5.74, 6) is 0. The molecule has 2 aromatic rings. The number of hydrogen-bond donors (Lipinski definition) is 1. The van der Waals surface area contributed by atoms with Crippen molar-refractivity contribution < 1.29 is 0 Å². The average Bonchev–Trinajstić information content (AvgIpc) is 2.57. The molecule has 2 aromatic heterocycles. The number of aromatic nitrogens is 2. The Labute approximate surface area is 90.7 Å². The second-order valence-electron chi connectivity index (χ2n) is 4.24. The quantitative estimate of drug-likeness (QED) is 0.810. The highest BCUT2D eigenvalue weighted by atomic mass is 14.9. The third-order valence-electron chi connectivity index (χ3n) is 2.79. The first kappa shape index (κ1) is 10.2. The van der Waals surface area contributed by atoms with Gasteiger partial charge in [-0.3, -0.25) is 0 Å². The number of H-pyrrole nitrogens is 1. The van der Waals surface area contributed by atoms with E-state index >= 15 is 0 Å². The zero-order valence-electron chi connectivity index (χ0n) is 9.72. The first-order valence-corrected chi connectivity index (χ1v) is 5.66. The fourth-order valence-electron chi connectivity index (χ4n) is 1.99. The summed E-state index contributed by atoms with van der Waals surface area (Å²) in [5, 5.41) is 1.27. The minimum absolute atomic E-state index is 1.04. The highest BCUT2D eigenvalue weighted by molar-refractivity contribution is 5.80. The summed E-state index contributed by atoms with van der Waals surface area (Å²) in [6.07, 6.45) is 3.61. The molecule has 0 aliphatic rings. The highest BCUT2D eigenvalue weighted by Crippen LogP contribution is 2.19. The molecule has 0 aliphatic heterocycles. The predicted molar refractivity (Wildman–Crippen MR) is 64.2 cm³/mol. The molecule has 2 rings (SSSR count). The summed E-state index contributed by atoms with van der Waals surface area (Å²) in [6.45, 7) is 6.41. The summed E-state index contributed by atoms with van der Waals surface area (Å²) < 4.78 is 0. The molecule has 15 heavy (non-hydrogen) atoms. The van der Waals surface area contributed by atoms with Crippen molar-refractivity contribution in [3.05, 3.63) is 29.1 Å². The molecule has 80 valence electrons. The van der Waals surface area contributed by atoms with Crippen molar-refractivity contribution in [1.82, 2.24) is 9.97 Å². The Morgan fingerprint density at radius 2 is 2.07 bits per heavy atom. The number of aryl methyl sites for hydroxylation is 3. The van der Waals surface area contributed by atoms with Gasteiger partial charge in [0.05, 0.1) is 0 Å². The molecule has 0 unspecified atom stereocenters. The van der Waals surface area contributed by atoms with Gasteiger partial charge in [-0.15, -0.1) is 0 Å². The Bertz CT molecular complexity index is 469. The largest absolute Gasteiger partial charge is 0.343 e. The van der Waals surface area contributed by atoms with Crippen molar-refractivity contribution in [2.75, 3.05) is 0 Å². The van der Waals surface area contributed by atoms with E-state index < -0.39 is 0 Å². The normalized spacial score (nSPS) is 11.1. The van der Waals surface area contributed by atoms with Crippen LogP contribution >= 0.6 is 0 Å². The molecule has 0 saturated carbocycles. The van der Waals surface area contributed by atoms with Crippen LogP contribution in [0.25, 0.3) is 11.0 Å². The smallest absolute Gasteiger partial charge is 0.138 e. The lowest BCUT2D eigenvalue weighted by molar-refractivity contribution is 0.782. The molecule has 0 aliphatic carbocycles. The molecule has 2 heteroatoms. The molecule has 0 atom stereocenters. The minimum atomic E-state index is 1.04. The van der Waals surface area contributed by atoms with Gasteiger partial charge in [0, 0.05) is 16.8 Å². The third-order valence-corrected chi connectivity index (χ3v) is 2.79. The van der Waals surface area contributed by atoms with Gasteiger partial charge >= 0.3 is 0 Å². The van der Waals surface area contributed by atoms with Crippen molar-refractivity contribution in [1.29, 1.82) is 0 Å². The van der Waals surface area contributed by atoms with Crippen LogP contribution in [0.4, 0.5) is 0 Å². The van der Waals surface area contributed by atoms with Gasteiger partial charge in [-0.2, -0.15) is 0 Å². The molecule has 2 heterocycles. The van der Waals surface area contributed by atoms with Gasteiger partial charge in [0.1, 0.15) is 5.65 Å². The van der Waals surface area contributed by atoms with E-state index in [9.17, 15) is 0 Å². The van der Waals surface area contributed by atoms with Crippen molar-refractivity contribution >= 4 is 11.0 Å². The molecule has 0 fully saturated rings. The number of hydrogen-bond acceptors (Lipinski definition) is 1. The summed E-state index contributed by atoms with van der Waals surface area (Å²) in [7, 11) is 0. The van der Waals surface area contributed by atoms with Crippen LogP contribution in [0.1, 0.15) is 36.7 Å². The van der Waals surface area contributed by atoms with Crippen LogP contribution in [-0.4, -0.2) is 9.97 Å². The maximum absolute atomic E-state index is 4.51. The zero-order valence-corrected chi connectivity index (χ0v) is 9.72. The van der Waals surface area contributed by atoms with Crippen LogP contribution in [0, 0.1) is 13.8 Å². The van der Waals surface area contributed by atoms with E-state index in [2.05, 4.69) is 35.9 Å². The van der Waals surface area contributed by atoms with E-state index in [-0.39, 0.29) is 0 Å². The van der Waals surface area contributed by atoms with Gasteiger partial charge in [0.25, 0.3) is 0 Å². The first-order chi connectivity index (χ1) is 7.20. The standard InChI is InChI=1S/C13H18N2/c1-4-5-6-11-8-12-9(2)7-10(3)14-13(12)15-11/h7-8H,4-6H2,1-3H3,(H,14,15). The molecule has 0 saturated heterocycles. The number of nitrogens with one attached hydrogen (secondary N) is 1. The molecular formula is C13H18N2. The van der Waals surface area contributed by atoms with Crippen LogP contribution in [-0.2, 0) is 6.42 Å². The lowest BCUT2D eigenvalue weighted by atomic mass is 10.1. The summed E-state index contributed by atoms with van der Waals surface area (Å²) in [6, 6.07) is 4.38. The Kier molecular flexibility index (Phi) is 2.76. The Balaban J connectivity index is 2.41. The summed E-state index contributed by atoms with van der Waals surface area (Å²) >= 11 is 0. The van der Waals surface area contributed by atoms with Gasteiger partial charge in [-0.25, -0.2) is 4.98 Å². The summed E-state index contributed by atoms with van der Waals surface area (Å²) in [5.41, 5.74) is 4.76. The first-order valence-electron chi connectivity index (χ1n) is 5.66.